The summed E-state index contributed by atoms with van der Waals surface area (Å²) in [5.41, 5.74) is 0.619. The third-order valence-electron chi connectivity index (χ3n) is 4.93. The van der Waals surface area contributed by atoms with Crippen LogP contribution in [0.4, 0.5) is 0 Å². The average Bonchev–Trinajstić information content (AvgIpc) is 3.41. The van der Waals surface area contributed by atoms with Gasteiger partial charge in [0, 0.05) is 31.8 Å². The van der Waals surface area contributed by atoms with Crippen LogP contribution in [-0.2, 0) is 35.2 Å². The number of nitrogens with zero attached hydrogens (tertiary/aromatic N) is 2. The maximum atomic E-state index is 13.1. The minimum Gasteiger partial charge on any atom is -0.481 e. The van der Waals surface area contributed by atoms with Gasteiger partial charge in [0.1, 0.15) is 18.1 Å². The van der Waals surface area contributed by atoms with Crippen molar-refractivity contribution in [1.29, 1.82) is 0 Å². The summed E-state index contributed by atoms with van der Waals surface area (Å²) in [6.45, 7) is 0.959. The van der Waals surface area contributed by atoms with Crippen LogP contribution in [0.3, 0.4) is 0 Å². The highest BCUT2D eigenvalue weighted by molar-refractivity contribution is 5.94. The minimum atomic E-state index is -1.64. The zero-order valence-electron chi connectivity index (χ0n) is 17.9. The Morgan fingerprint density at radius 1 is 1.18 bits per heavy atom. The lowest BCUT2D eigenvalue weighted by Gasteiger charge is -2.28. The summed E-state index contributed by atoms with van der Waals surface area (Å²) < 4.78 is 0. The quantitative estimate of drug-likeness (QED) is 0.205. The molecule has 2 rings (SSSR count). The molecule has 0 radical (unpaired) electrons. The second kappa shape index (κ2) is 11.6. The number of aromatic nitrogens is 2. The molecule has 0 aromatic carbocycles. The number of carboxylic acid groups (broad SMARTS) is 2. The molecule has 14 heteroatoms. The van der Waals surface area contributed by atoms with Gasteiger partial charge in [0.05, 0.1) is 19.3 Å². The van der Waals surface area contributed by atoms with Gasteiger partial charge in [0.25, 0.3) is 0 Å². The zero-order valence-corrected chi connectivity index (χ0v) is 17.9. The number of amides is 4. The molecule has 3 atom stereocenters. The second-order valence-electron chi connectivity index (χ2n) is 7.50. The molecule has 14 nitrogen and oxygen atoms in total. The van der Waals surface area contributed by atoms with Crippen molar-refractivity contribution in [2.45, 2.75) is 50.7 Å². The SMILES string of the molecule is CC(=O)N[C@@H](Cc1cnc[nH]1)C(=O)N1CCC[C@H]1C(=O)NCC(=O)N[C@@H](CC(=O)O)C(=O)O. The number of carbonyl (C=O) groups excluding carboxylic acids is 4. The first kappa shape index (κ1) is 25.3. The van der Waals surface area contributed by atoms with Crippen LogP contribution >= 0.6 is 0 Å². The summed E-state index contributed by atoms with van der Waals surface area (Å²) in [6.07, 6.45) is 3.16. The first-order valence-corrected chi connectivity index (χ1v) is 10.1. The smallest absolute Gasteiger partial charge is 0.326 e. The average molecular weight is 466 g/mol. The van der Waals surface area contributed by atoms with Crippen LogP contribution in [0.5, 0.6) is 0 Å². The van der Waals surface area contributed by atoms with E-state index >= 15 is 0 Å². The molecule has 1 aliphatic rings. The standard InChI is InChI=1S/C19H26N6O8/c1-10(26)23-12(5-11-7-20-9-22-11)18(31)25-4-2-3-14(25)17(30)21-8-15(27)24-13(19(32)33)6-16(28)29/h7,9,12-14H,2-6,8H2,1H3,(H,20,22)(H,21,30)(H,23,26)(H,24,27)(H,28,29)(H,32,33)/t12-,13-,14-/m0/s1. The predicted molar refractivity (Wildman–Crippen MR) is 109 cm³/mol. The molecule has 0 unspecified atom stereocenters. The Labute approximate surface area is 188 Å². The Balaban J connectivity index is 1.98. The number of imidazole rings is 1. The highest BCUT2D eigenvalue weighted by Gasteiger charge is 2.37. The van der Waals surface area contributed by atoms with Crippen LogP contribution in [0, 0.1) is 0 Å². The number of aliphatic carboxylic acids is 2. The van der Waals surface area contributed by atoms with Crippen molar-refractivity contribution < 1.29 is 39.0 Å². The third kappa shape index (κ3) is 7.59. The Morgan fingerprint density at radius 2 is 1.91 bits per heavy atom. The van der Waals surface area contributed by atoms with Gasteiger partial charge in [-0.2, -0.15) is 0 Å². The van der Waals surface area contributed by atoms with Crippen molar-refractivity contribution in [2.24, 2.45) is 0 Å². The number of hydrogen-bond acceptors (Lipinski definition) is 7. The fourth-order valence-corrected chi connectivity index (χ4v) is 3.47. The number of carbonyl (C=O) groups is 6. The summed E-state index contributed by atoms with van der Waals surface area (Å²) in [6, 6.07) is -3.44. The Morgan fingerprint density at radius 3 is 2.48 bits per heavy atom. The lowest BCUT2D eigenvalue weighted by molar-refractivity contribution is -0.147. The Bertz CT molecular complexity index is 902. The van der Waals surface area contributed by atoms with Gasteiger partial charge in [-0.1, -0.05) is 0 Å². The van der Waals surface area contributed by atoms with Crippen LogP contribution in [0.25, 0.3) is 0 Å². The minimum absolute atomic E-state index is 0.145. The van der Waals surface area contributed by atoms with E-state index in [1.165, 1.54) is 24.3 Å². The van der Waals surface area contributed by atoms with Gasteiger partial charge in [0.15, 0.2) is 0 Å². The molecule has 1 aromatic heterocycles. The van der Waals surface area contributed by atoms with E-state index in [1.807, 2.05) is 5.32 Å². The summed E-state index contributed by atoms with van der Waals surface area (Å²) in [7, 11) is 0. The van der Waals surface area contributed by atoms with Gasteiger partial charge in [0.2, 0.25) is 23.6 Å². The summed E-state index contributed by atoms with van der Waals surface area (Å²) in [5, 5.41) is 24.6. The molecule has 6 N–H and O–H groups in total. The summed E-state index contributed by atoms with van der Waals surface area (Å²) >= 11 is 0. The highest BCUT2D eigenvalue weighted by atomic mass is 16.4. The molecule has 0 spiro atoms. The van der Waals surface area contributed by atoms with Gasteiger partial charge in [-0.05, 0) is 12.8 Å². The van der Waals surface area contributed by atoms with E-state index in [0.29, 0.717) is 18.5 Å². The molecule has 180 valence electrons. The van der Waals surface area contributed by atoms with Gasteiger partial charge < -0.3 is 36.0 Å². The molecule has 1 aromatic rings. The maximum Gasteiger partial charge on any atom is 0.326 e. The van der Waals surface area contributed by atoms with E-state index in [0.717, 1.165) is 0 Å². The lowest BCUT2D eigenvalue weighted by Crippen LogP contribution is -2.55. The molecular weight excluding hydrogens is 440 g/mol. The first-order valence-electron chi connectivity index (χ1n) is 10.1. The van der Waals surface area contributed by atoms with Crippen LogP contribution in [0.2, 0.25) is 0 Å². The van der Waals surface area contributed by atoms with Crippen molar-refractivity contribution in [1.82, 2.24) is 30.8 Å². The fraction of sp³-hybridized carbons (Fsp3) is 0.526. The van der Waals surface area contributed by atoms with Crippen molar-refractivity contribution >= 4 is 35.6 Å². The van der Waals surface area contributed by atoms with Crippen LogP contribution in [-0.4, -0.2) is 91.9 Å². The molecule has 1 aliphatic heterocycles. The zero-order chi connectivity index (χ0) is 24.5. The van der Waals surface area contributed by atoms with Gasteiger partial charge in [-0.15, -0.1) is 0 Å². The maximum absolute atomic E-state index is 13.1. The number of hydrogen-bond donors (Lipinski definition) is 6. The van der Waals surface area contributed by atoms with Gasteiger partial charge in [-0.25, -0.2) is 9.78 Å². The van der Waals surface area contributed by atoms with E-state index in [2.05, 4.69) is 20.6 Å². The highest BCUT2D eigenvalue weighted by Crippen LogP contribution is 2.19. The first-order chi connectivity index (χ1) is 15.6. The number of H-pyrrole nitrogens is 1. The number of carboxylic acids is 2. The van der Waals surface area contributed by atoms with E-state index < -0.39 is 66.7 Å². The van der Waals surface area contributed by atoms with Crippen molar-refractivity contribution in [3.8, 4) is 0 Å². The molecule has 0 aliphatic carbocycles. The van der Waals surface area contributed by atoms with Crippen molar-refractivity contribution in [3.63, 3.8) is 0 Å². The van der Waals surface area contributed by atoms with Crippen molar-refractivity contribution in [3.05, 3.63) is 18.2 Å². The van der Waals surface area contributed by atoms with E-state index in [1.54, 1.807) is 0 Å². The van der Waals surface area contributed by atoms with E-state index in [-0.39, 0.29) is 13.0 Å². The van der Waals surface area contributed by atoms with E-state index in [9.17, 15) is 28.8 Å². The van der Waals surface area contributed by atoms with Gasteiger partial charge in [-0.3, -0.25) is 24.0 Å². The van der Waals surface area contributed by atoms with Crippen LogP contribution in [0.1, 0.15) is 31.9 Å². The number of aromatic amines is 1. The topological polar surface area (TPSA) is 211 Å². The lowest BCUT2D eigenvalue weighted by atomic mass is 10.1. The fourth-order valence-electron chi connectivity index (χ4n) is 3.47. The van der Waals surface area contributed by atoms with Crippen LogP contribution < -0.4 is 16.0 Å². The molecular formula is C19H26N6O8. The molecule has 1 fully saturated rings. The summed E-state index contributed by atoms with van der Waals surface area (Å²) in [5.74, 6) is -5.32. The summed E-state index contributed by atoms with van der Waals surface area (Å²) in [4.78, 5) is 79.1. The third-order valence-corrected chi connectivity index (χ3v) is 4.93. The Hall–Kier alpha value is -3.97. The Kier molecular flexibility index (Phi) is 8.89. The molecule has 2 heterocycles. The van der Waals surface area contributed by atoms with E-state index in [4.69, 9.17) is 10.2 Å². The van der Waals surface area contributed by atoms with Gasteiger partial charge >= 0.3 is 11.9 Å². The predicted octanol–water partition coefficient (Wildman–Crippen LogP) is -2.39. The monoisotopic (exact) mass is 466 g/mol. The second-order valence-corrected chi connectivity index (χ2v) is 7.50. The number of rotatable bonds is 11. The van der Waals surface area contributed by atoms with Crippen molar-refractivity contribution in [2.75, 3.05) is 13.1 Å². The van der Waals surface area contributed by atoms with Crippen LogP contribution in [0.15, 0.2) is 12.5 Å². The molecule has 1 saturated heterocycles. The molecule has 33 heavy (non-hydrogen) atoms. The molecule has 4 amide bonds. The number of likely N-dealkylation sites (tertiary alicyclic amines) is 1. The molecule has 0 bridgehead atoms. The number of nitrogens with one attached hydrogen (secondary N) is 4. The molecule has 0 saturated carbocycles. The normalized spacial score (nSPS) is 17.0. The largest absolute Gasteiger partial charge is 0.481 e.